The van der Waals surface area contributed by atoms with Gasteiger partial charge < -0.3 is 15.5 Å². The number of amides is 2. The van der Waals surface area contributed by atoms with Crippen molar-refractivity contribution in [3.8, 4) is 0 Å². The van der Waals surface area contributed by atoms with E-state index in [1.54, 1.807) is 6.92 Å². The third kappa shape index (κ3) is 5.72. The molecule has 1 aliphatic heterocycles. The van der Waals surface area contributed by atoms with Crippen LogP contribution >= 0.6 is 15.9 Å². The number of carbonyl (C=O) groups excluding carboxylic acids is 2. The molecule has 0 saturated heterocycles. The molecule has 0 aromatic heterocycles. The van der Waals surface area contributed by atoms with Gasteiger partial charge in [0.15, 0.2) is 0 Å². The van der Waals surface area contributed by atoms with Gasteiger partial charge in [0.05, 0.1) is 18.7 Å². The molecule has 0 radical (unpaired) electrons. The highest BCUT2D eigenvalue weighted by Crippen LogP contribution is 2.26. The number of nitrogens with zero attached hydrogens (tertiary/aromatic N) is 2. The molecule has 7 heteroatoms. The molecule has 174 valence electrons. The van der Waals surface area contributed by atoms with Crippen LogP contribution in [0.4, 0.5) is 5.69 Å². The van der Waals surface area contributed by atoms with Gasteiger partial charge in [0.2, 0.25) is 11.8 Å². The molecule has 4 rings (SSSR count). The van der Waals surface area contributed by atoms with Crippen LogP contribution in [-0.2, 0) is 16.0 Å². The number of hydrogen-bond acceptors (Lipinski definition) is 4. The highest BCUT2D eigenvalue weighted by Gasteiger charge is 2.25. The molecule has 3 aromatic carbocycles. The van der Waals surface area contributed by atoms with Crippen molar-refractivity contribution in [3.63, 3.8) is 0 Å². The zero-order chi connectivity index (χ0) is 24.1. The number of rotatable bonds is 6. The van der Waals surface area contributed by atoms with E-state index in [4.69, 9.17) is 4.99 Å². The normalized spacial score (nSPS) is 16.0. The summed E-state index contributed by atoms with van der Waals surface area (Å²) in [6.45, 7) is 2.20. The van der Waals surface area contributed by atoms with Crippen molar-refractivity contribution in [2.75, 3.05) is 18.5 Å². The van der Waals surface area contributed by atoms with Gasteiger partial charge in [-0.05, 0) is 30.7 Å². The molecule has 2 N–H and O–H groups in total. The van der Waals surface area contributed by atoms with Gasteiger partial charge in [-0.3, -0.25) is 14.6 Å². The number of halogens is 1. The summed E-state index contributed by atoms with van der Waals surface area (Å²) in [6, 6.07) is 24.9. The third-order valence-electron chi connectivity index (χ3n) is 5.71. The molecule has 0 spiro atoms. The van der Waals surface area contributed by atoms with Gasteiger partial charge >= 0.3 is 0 Å². The Morgan fingerprint density at radius 3 is 2.44 bits per heavy atom. The van der Waals surface area contributed by atoms with E-state index in [2.05, 4.69) is 37.5 Å². The van der Waals surface area contributed by atoms with Crippen LogP contribution in [0, 0.1) is 0 Å². The van der Waals surface area contributed by atoms with E-state index >= 15 is 0 Å². The van der Waals surface area contributed by atoms with Crippen molar-refractivity contribution < 1.29 is 9.59 Å². The first-order chi connectivity index (χ1) is 16.4. The van der Waals surface area contributed by atoms with Crippen LogP contribution in [0.5, 0.6) is 0 Å². The van der Waals surface area contributed by atoms with Gasteiger partial charge in [-0.15, -0.1) is 0 Å². The highest BCUT2D eigenvalue weighted by atomic mass is 79.9. The van der Waals surface area contributed by atoms with Crippen LogP contribution in [0.15, 0.2) is 88.3 Å². The van der Waals surface area contributed by atoms with E-state index < -0.39 is 12.2 Å². The third-order valence-corrected chi connectivity index (χ3v) is 6.24. The Labute approximate surface area is 208 Å². The predicted octanol–water partition coefficient (Wildman–Crippen LogP) is 3.93. The van der Waals surface area contributed by atoms with E-state index in [0.29, 0.717) is 6.54 Å². The van der Waals surface area contributed by atoms with E-state index in [0.717, 1.165) is 32.6 Å². The Morgan fingerprint density at radius 1 is 1.03 bits per heavy atom. The second-order valence-electron chi connectivity index (χ2n) is 8.36. The fraction of sp³-hybridized carbons (Fsp3) is 0.222. The summed E-state index contributed by atoms with van der Waals surface area (Å²) in [4.78, 5) is 32.5. The van der Waals surface area contributed by atoms with Gasteiger partial charge in [0.1, 0.15) is 12.2 Å². The molecule has 3 aromatic rings. The fourth-order valence-electron chi connectivity index (χ4n) is 3.97. The molecule has 1 heterocycles. The Kier molecular flexibility index (Phi) is 7.43. The number of fused-ring (bicyclic) bond motifs is 1. The topological polar surface area (TPSA) is 73.8 Å². The molecule has 2 atom stereocenters. The average Bonchev–Trinajstić information content (AvgIpc) is 2.97. The molecule has 6 nitrogen and oxygen atoms in total. The number of carbonyl (C=O) groups is 2. The molecular weight excluding hydrogens is 492 g/mol. The largest absolute Gasteiger partial charge is 0.370 e. The van der Waals surface area contributed by atoms with Crippen LogP contribution in [0.3, 0.4) is 0 Å². The summed E-state index contributed by atoms with van der Waals surface area (Å²) in [5.74, 6) is -0.478. The summed E-state index contributed by atoms with van der Waals surface area (Å²) in [6.07, 6.45) is -0.256. The predicted molar refractivity (Wildman–Crippen MR) is 139 cm³/mol. The van der Waals surface area contributed by atoms with Gasteiger partial charge in [0.25, 0.3) is 0 Å². The molecule has 0 unspecified atom stereocenters. The van der Waals surface area contributed by atoms with Crippen LogP contribution in [0.25, 0.3) is 0 Å². The summed E-state index contributed by atoms with van der Waals surface area (Å²) in [7, 11) is 1.99. The van der Waals surface area contributed by atoms with Crippen molar-refractivity contribution in [3.05, 3.63) is 100 Å². The first-order valence-corrected chi connectivity index (χ1v) is 12.0. The van der Waals surface area contributed by atoms with Crippen LogP contribution in [0.1, 0.15) is 23.6 Å². The number of likely N-dealkylation sites (N-methyl/N-ethyl adjacent to an activating group) is 1. The zero-order valence-electron chi connectivity index (χ0n) is 19.2. The summed E-state index contributed by atoms with van der Waals surface area (Å²) in [5.41, 5.74) is 4.77. The maximum absolute atomic E-state index is 13.0. The van der Waals surface area contributed by atoms with Crippen LogP contribution in [0.2, 0.25) is 0 Å². The number of anilines is 1. The smallest absolute Gasteiger partial charge is 0.243 e. The standard InChI is InChI=1S/C27H27BrN4O2/c1-18(29-25(33)16-19-12-14-21(28)15-13-19)27(34)31-24-17-32(2)23-11-7-6-10-22(23)26(30-24)20-8-4-3-5-9-20/h3-15,18,24H,16-17H2,1-2H3,(H,29,33)(H,31,34)/t18-,24+/m0/s1. The minimum Gasteiger partial charge on any atom is -0.370 e. The second-order valence-corrected chi connectivity index (χ2v) is 9.27. The van der Waals surface area contributed by atoms with Crippen molar-refractivity contribution in [1.82, 2.24) is 10.6 Å². The highest BCUT2D eigenvalue weighted by molar-refractivity contribution is 9.10. The van der Waals surface area contributed by atoms with Crippen LogP contribution in [-0.4, -0.2) is 43.3 Å². The summed E-state index contributed by atoms with van der Waals surface area (Å²) >= 11 is 3.39. The Hall–Kier alpha value is -3.45. The average molecular weight is 519 g/mol. The monoisotopic (exact) mass is 518 g/mol. The molecular formula is C27H27BrN4O2. The second kappa shape index (κ2) is 10.7. The van der Waals surface area contributed by atoms with Crippen molar-refractivity contribution in [2.45, 2.75) is 25.6 Å². The Balaban J connectivity index is 1.48. The lowest BCUT2D eigenvalue weighted by Gasteiger charge is -2.24. The minimum absolute atomic E-state index is 0.205. The van der Waals surface area contributed by atoms with Gasteiger partial charge in [0, 0.05) is 28.3 Å². The Morgan fingerprint density at radius 2 is 1.71 bits per heavy atom. The van der Waals surface area contributed by atoms with Gasteiger partial charge in [-0.1, -0.05) is 76.6 Å². The van der Waals surface area contributed by atoms with Crippen molar-refractivity contribution >= 4 is 39.1 Å². The molecule has 1 aliphatic rings. The lowest BCUT2D eigenvalue weighted by atomic mass is 10.0. The number of benzodiazepines with no additional fused rings is 1. The molecule has 0 fully saturated rings. The molecule has 0 saturated carbocycles. The maximum atomic E-state index is 13.0. The summed E-state index contributed by atoms with van der Waals surface area (Å²) < 4.78 is 0.954. The van der Waals surface area contributed by atoms with Crippen LogP contribution < -0.4 is 15.5 Å². The van der Waals surface area contributed by atoms with E-state index in [1.165, 1.54) is 0 Å². The molecule has 2 amide bonds. The van der Waals surface area contributed by atoms with E-state index in [1.807, 2.05) is 79.8 Å². The lowest BCUT2D eigenvalue weighted by molar-refractivity contribution is -0.128. The number of aliphatic imine (C=N–C) groups is 1. The number of hydrogen-bond donors (Lipinski definition) is 2. The first kappa shape index (κ1) is 23.7. The van der Waals surface area contributed by atoms with Gasteiger partial charge in [-0.25, -0.2) is 0 Å². The lowest BCUT2D eigenvalue weighted by Crippen LogP contribution is -2.50. The zero-order valence-corrected chi connectivity index (χ0v) is 20.7. The van der Waals surface area contributed by atoms with E-state index in [-0.39, 0.29) is 18.2 Å². The number of benzene rings is 3. The van der Waals surface area contributed by atoms with Gasteiger partial charge in [-0.2, -0.15) is 0 Å². The number of nitrogens with one attached hydrogen (secondary N) is 2. The first-order valence-electron chi connectivity index (χ1n) is 11.2. The maximum Gasteiger partial charge on any atom is 0.243 e. The van der Waals surface area contributed by atoms with Crippen molar-refractivity contribution in [1.29, 1.82) is 0 Å². The summed E-state index contributed by atoms with van der Waals surface area (Å²) in [5, 5.41) is 5.81. The fourth-order valence-corrected chi connectivity index (χ4v) is 4.23. The SMILES string of the molecule is C[C@H](NC(=O)Cc1ccc(Br)cc1)C(=O)N[C@@H]1CN(C)c2ccccc2C(c2ccccc2)=N1. The molecule has 0 bridgehead atoms. The van der Waals surface area contributed by atoms with Crippen molar-refractivity contribution in [2.24, 2.45) is 4.99 Å². The quantitative estimate of drug-likeness (QED) is 0.519. The molecule has 0 aliphatic carbocycles. The number of para-hydroxylation sites is 1. The van der Waals surface area contributed by atoms with E-state index in [9.17, 15) is 9.59 Å². The molecule has 34 heavy (non-hydrogen) atoms. The minimum atomic E-state index is -0.686. The Bertz CT molecular complexity index is 1190.